The summed E-state index contributed by atoms with van der Waals surface area (Å²) in [7, 11) is 0. The summed E-state index contributed by atoms with van der Waals surface area (Å²) in [5.74, 6) is -3.00. The average molecular weight is 863 g/mol. The number of hydrogen-bond acceptors (Lipinski definition) is 10. The van der Waals surface area contributed by atoms with Gasteiger partial charge in [0, 0.05) is 73.4 Å². The molecule has 1 atom stereocenters. The molecule has 3 aliphatic rings. The first-order valence-electron chi connectivity index (χ1n) is 20.3. The lowest BCUT2D eigenvalue weighted by molar-refractivity contribution is -0.126. The number of aromatic nitrogens is 3. The number of H-pyrrole nitrogens is 1. The van der Waals surface area contributed by atoms with Gasteiger partial charge in [0.25, 0.3) is 11.8 Å². The van der Waals surface area contributed by atoms with E-state index in [1.54, 1.807) is 30.3 Å². The van der Waals surface area contributed by atoms with Gasteiger partial charge in [-0.15, -0.1) is 0 Å². The molecule has 4 amide bonds. The highest BCUT2D eigenvalue weighted by Crippen LogP contribution is 2.38. The number of anilines is 1. The number of aromatic hydroxyl groups is 2. The predicted octanol–water partition coefficient (Wildman–Crippen LogP) is 5.50. The van der Waals surface area contributed by atoms with Gasteiger partial charge in [-0.1, -0.05) is 38.6 Å². The van der Waals surface area contributed by atoms with Gasteiger partial charge in [0.2, 0.25) is 5.91 Å². The molecule has 1 unspecified atom stereocenters. The maximum Gasteiger partial charge on any atom is 0.411 e. The zero-order chi connectivity index (χ0) is 44.7. The summed E-state index contributed by atoms with van der Waals surface area (Å²) in [6, 6.07) is 15.2. The van der Waals surface area contributed by atoms with Gasteiger partial charge >= 0.3 is 11.8 Å². The first-order valence-corrected chi connectivity index (χ1v) is 20.3. The van der Waals surface area contributed by atoms with Crippen molar-refractivity contribution in [3.63, 3.8) is 0 Å². The summed E-state index contributed by atoms with van der Waals surface area (Å²) < 4.78 is 37.4. The number of carbonyl (C=O) groups excluding carboxylic acids is 4. The Balaban J connectivity index is 0.842. The minimum Gasteiger partial charge on any atom is -0.508 e. The SMILES string of the molecule is C=C1CCC(N2Cc3c(NC(=O)OCc4ccc(C(=O)N5CCN(Cc6ccc(-n7c(-c8cc(C(C)C)c(O)cc8O)n[nH]c7=O)cc6F)CC5)c(F)c4)cccc3C2=O)C(=O)N1. The number of fused-ring (bicyclic) bond motifs is 1. The number of benzene rings is 4. The Labute approximate surface area is 359 Å². The highest BCUT2D eigenvalue weighted by atomic mass is 19.1. The lowest BCUT2D eigenvalue weighted by Crippen LogP contribution is -2.49. The topological polar surface area (TPSA) is 202 Å². The Morgan fingerprint density at radius 1 is 0.952 bits per heavy atom. The zero-order valence-electron chi connectivity index (χ0n) is 34.4. The number of allylic oxidation sites excluding steroid dienone is 1. The number of ether oxygens (including phenoxy) is 1. The molecule has 1 aromatic heterocycles. The second-order valence-electron chi connectivity index (χ2n) is 16.0. The number of phenols is 2. The summed E-state index contributed by atoms with van der Waals surface area (Å²) in [6.45, 7) is 8.78. The van der Waals surface area contributed by atoms with Crippen molar-refractivity contribution in [2.24, 2.45) is 0 Å². The number of hydrogen-bond donors (Lipinski definition) is 5. The van der Waals surface area contributed by atoms with Crippen LogP contribution in [-0.2, 0) is 29.2 Å². The molecule has 0 spiro atoms. The number of rotatable bonds is 10. The van der Waals surface area contributed by atoms with Crippen LogP contribution in [0.2, 0.25) is 0 Å². The number of amides is 4. The second kappa shape index (κ2) is 17.2. The number of nitrogens with one attached hydrogen (secondary N) is 3. The van der Waals surface area contributed by atoms with E-state index >= 15 is 8.78 Å². The zero-order valence-corrected chi connectivity index (χ0v) is 34.4. The molecule has 5 aromatic rings. The number of phenolic OH excluding ortho intramolecular Hbond substituents is 2. The number of piperazine rings is 1. The minimum atomic E-state index is -0.843. The van der Waals surface area contributed by atoms with Crippen LogP contribution in [-0.4, -0.2) is 95.7 Å². The summed E-state index contributed by atoms with van der Waals surface area (Å²) in [4.78, 5) is 69.7. The van der Waals surface area contributed by atoms with E-state index in [9.17, 15) is 34.2 Å². The second-order valence-corrected chi connectivity index (χ2v) is 16.0. The number of piperidine rings is 1. The van der Waals surface area contributed by atoms with E-state index in [4.69, 9.17) is 4.74 Å². The van der Waals surface area contributed by atoms with Crippen molar-refractivity contribution in [2.75, 3.05) is 31.5 Å². The van der Waals surface area contributed by atoms with Crippen LogP contribution in [0.15, 0.2) is 83.8 Å². The van der Waals surface area contributed by atoms with E-state index in [0.29, 0.717) is 65.1 Å². The lowest BCUT2D eigenvalue weighted by atomic mass is 9.98. The van der Waals surface area contributed by atoms with Crippen molar-refractivity contribution in [2.45, 2.75) is 58.3 Å². The van der Waals surface area contributed by atoms with Crippen LogP contribution in [0.5, 0.6) is 11.5 Å². The molecule has 16 nitrogen and oxygen atoms in total. The molecular formula is C45H44F2N8O8. The molecule has 0 aliphatic carbocycles. The van der Waals surface area contributed by atoms with Crippen LogP contribution in [0.1, 0.15) is 75.6 Å². The molecule has 8 rings (SSSR count). The Bertz CT molecular complexity index is 2740. The largest absolute Gasteiger partial charge is 0.508 e. The normalized spacial score (nSPS) is 16.7. The van der Waals surface area contributed by atoms with Gasteiger partial charge in [-0.3, -0.25) is 24.6 Å². The standard InChI is InChI=1S/C45H44F2N8O8/c1-24(2)31-19-32(39(57)20-38(31)56)40-50-51-44(61)55(40)28-10-9-27(34(46)18-28)21-52-13-15-53(16-14-52)42(59)30-11-8-26(17-35(30)47)23-63-45(62)49-36-6-4-5-29-33(36)22-54(43(29)60)37-12-7-25(3)48-41(37)58/h4-6,8-11,17-20,24,37,56-57H,3,7,12-16,21-23H2,1-2H3,(H,48,58)(H,49,62)(H,51,61). The maximum atomic E-state index is 15.6. The molecule has 2 fully saturated rings. The van der Waals surface area contributed by atoms with Gasteiger partial charge in [-0.25, -0.2) is 28.0 Å². The van der Waals surface area contributed by atoms with E-state index < -0.39 is 35.4 Å². The molecule has 0 saturated carbocycles. The van der Waals surface area contributed by atoms with Crippen molar-refractivity contribution in [3.05, 3.63) is 135 Å². The van der Waals surface area contributed by atoms with Crippen LogP contribution in [0.4, 0.5) is 19.3 Å². The van der Waals surface area contributed by atoms with E-state index in [0.717, 1.165) is 10.6 Å². The quantitative estimate of drug-likeness (QED) is 0.119. The van der Waals surface area contributed by atoms with Crippen LogP contribution >= 0.6 is 0 Å². The van der Waals surface area contributed by atoms with Crippen LogP contribution < -0.4 is 16.3 Å². The summed E-state index contributed by atoms with van der Waals surface area (Å²) in [6.07, 6.45) is 0.140. The summed E-state index contributed by atoms with van der Waals surface area (Å²) in [5.41, 5.74) is 2.57. The predicted molar refractivity (Wildman–Crippen MR) is 225 cm³/mol. The molecule has 326 valence electrons. The number of carbonyl (C=O) groups is 4. The van der Waals surface area contributed by atoms with Gasteiger partial charge in [-0.05, 0) is 72.4 Å². The van der Waals surface area contributed by atoms with E-state index in [2.05, 4.69) is 27.4 Å². The van der Waals surface area contributed by atoms with Crippen LogP contribution in [0.25, 0.3) is 17.1 Å². The highest BCUT2D eigenvalue weighted by molar-refractivity contribution is 6.04. The first-order chi connectivity index (χ1) is 30.2. The molecule has 4 heterocycles. The maximum absolute atomic E-state index is 15.6. The third-order valence-electron chi connectivity index (χ3n) is 11.6. The summed E-state index contributed by atoms with van der Waals surface area (Å²) in [5, 5.41) is 32.6. The monoisotopic (exact) mass is 862 g/mol. The molecule has 0 bridgehead atoms. The fourth-order valence-electron chi connectivity index (χ4n) is 8.18. The van der Waals surface area contributed by atoms with Gasteiger partial charge < -0.3 is 30.1 Å². The van der Waals surface area contributed by atoms with E-state index in [1.807, 2.05) is 18.7 Å². The van der Waals surface area contributed by atoms with Crippen molar-refractivity contribution in [1.82, 2.24) is 34.8 Å². The van der Waals surface area contributed by atoms with Crippen molar-refractivity contribution < 1.29 is 42.9 Å². The van der Waals surface area contributed by atoms with E-state index in [-0.39, 0.29) is 84.7 Å². The average Bonchev–Trinajstić information content (AvgIpc) is 3.80. The Morgan fingerprint density at radius 2 is 1.73 bits per heavy atom. The van der Waals surface area contributed by atoms with Gasteiger partial charge in [0.05, 0.1) is 16.8 Å². The van der Waals surface area contributed by atoms with Gasteiger partial charge in [-0.2, -0.15) is 5.10 Å². The lowest BCUT2D eigenvalue weighted by Gasteiger charge is -2.35. The Hall–Kier alpha value is -7.34. The van der Waals surface area contributed by atoms with E-state index in [1.165, 1.54) is 40.1 Å². The molecule has 0 radical (unpaired) electrons. The van der Waals surface area contributed by atoms with Crippen molar-refractivity contribution in [3.8, 4) is 28.6 Å². The fraction of sp³-hybridized carbons (Fsp3) is 0.289. The molecular weight excluding hydrogens is 819 g/mol. The number of nitrogens with zero attached hydrogens (tertiary/aromatic N) is 5. The highest BCUT2D eigenvalue weighted by Gasteiger charge is 2.39. The number of halogens is 2. The van der Waals surface area contributed by atoms with Crippen molar-refractivity contribution in [1.29, 1.82) is 0 Å². The molecule has 2 saturated heterocycles. The third kappa shape index (κ3) is 8.48. The van der Waals surface area contributed by atoms with Crippen LogP contribution in [0.3, 0.4) is 0 Å². The number of aromatic amines is 1. The fourth-order valence-corrected chi connectivity index (χ4v) is 8.18. The van der Waals surface area contributed by atoms with Gasteiger partial charge in [0.1, 0.15) is 35.8 Å². The molecule has 4 aromatic carbocycles. The van der Waals surface area contributed by atoms with Gasteiger partial charge in [0.15, 0.2) is 5.82 Å². The third-order valence-corrected chi connectivity index (χ3v) is 11.6. The summed E-state index contributed by atoms with van der Waals surface area (Å²) >= 11 is 0. The van der Waals surface area contributed by atoms with Crippen molar-refractivity contribution >= 4 is 29.5 Å². The Morgan fingerprint density at radius 3 is 2.44 bits per heavy atom. The first kappa shape index (κ1) is 42.4. The smallest absolute Gasteiger partial charge is 0.411 e. The molecule has 18 heteroatoms. The molecule has 3 aliphatic heterocycles. The minimum absolute atomic E-state index is 0.0372. The molecule has 5 N–H and O–H groups in total. The Kier molecular flexibility index (Phi) is 11.6. The molecule has 63 heavy (non-hydrogen) atoms. The van der Waals surface area contributed by atoms with Crippen LogP contribution in [0, 0.1) is 11.6 Å².